The van der Waals surface area contributed by atoms with Crippen LogP contribution in [0.25, 0.3) is 0 Å². The normalized spacial score (nSPS) is 12.7. The van der Waals surface area contributed by atoms with Crippen LogP contribution >= 0.6 is 11.6 Å². The molecule has 2 aromatic carbocycles. The molecule has 1 N–H and O–H groups in total. The van der Waals surface area contributed by atoms with Gasteiger partial charge in [-0.25, -0.2) is 12.8 Å². The third-order valence-electron chi connectivity index (χ3n) is 4.33. The average Bonchev–Trinajstić information content (AvgIpc) is 2.61. The Bertz CT molecular complexity index is 946. The van der Waals surface area contributed by atoms with Gasteiger partial charge in [0.1, 0.15) is 11.9 Å². The third kappa shape index (κ3) is 5.23. The quantitative estimate of drug-likeness (QED) is 0.692. The van der Waals surface area contributed by atoms with Gasteiger partial charge in [-0.1, -0.05) is 44.5 Å². The van der Waals surface area contributed by atoms with Gasteiger partial charge in [0.05, 0.1) is 17.0 Å². The number of nitrogens with zero attached hydrogens (tertiary/aromatic N) is 1. The first kappa shape index (κ1) is 22.2. The molecule has 0 saturated heterocycles. The lowest BCUT2D eigenvalue weighted by atomic mass is 10.0. The van der Waals surface area contributed by atoms with E-state index >= 15 is 0 Å². The molecule has 0 spiro atoms. The van der Waals surface area contributed by atoms with Crippen molar-refractivity contribution < 1.29 is 17.6 Å². The van der Waals surface area contributed by atoms with Gasteiger partial charge in [-0.3, -0.25) is 9.10 Å². The molecule has 0 aromatic heterocycles. The smallest absolute Gasteiger partial charge is 0.248 e. The zero-order valence-electron chi connectivity index (χ0n) is 16.2. The Hall–Kier alpha value is -2.12. The second kappa shape index (κ2) is 8.92. The van der Waals surface area contributed by atoms with Crippen molar-refractivity contribution >= 4 is 38.9 Å². The molecule has 5 nitrogen and oxygen atoms in total. The molecule has 0 fully saturated rings. The van der Waals surface area contributed by atoms with E-state index in [4.69, 9.17) is 11.6 Å². The minimum absolute atomic E-state index is 0.131. The number of sulfonamides is 1. The lowest BCUT2D eigenvalue weighted by Gasteiger charge is -2.30. The molecule has 152 valence electrons. The van der Waals surface area contributed by atoms with Gasteiger partial charge in [0.15, 0.2) is 0 Å². The van der Waals surface area contributed by atoms with Gasteiger partial charge in [-0.05, 0) is 48.2 Å². The van der Waals surface area contributed by atoms with Gasteiger partial charge in [0, 0.05) is 5.69 Å². The largest absolute Gasteiger partial charge is 0.324 e. The van der Waals surface area contributed by atoms with Gasteiger partial charge >= 0.3 is 0 Å². The number of carbonyl (C=O) groups excluding carboxylic acids is 1. The predicted octanol–water partition coefficient (Wildman–Crippen LogP) is 4.79. The van der Waals surface area contributed by atoms with Crippen molar-refractivity contribution in [1.82, 2.24) is 0 Å². The fourth-order valence-electron chi connectivity index (χ4n) is 2.86. The number of rotatable bonds is 7. The molecule has 0 heterocycles. The highest BCUT2D eigenvalue weighted by molar-refractivity contribution is 7.92. The lowest BCUT2D eigenvalue weighted by Crippen LogP contribution is -2.47. The number of nitrogens with one attached hydrogen (secondary N) is 1. The van der Waals surface area contributed by atoms with Gasteiger partial charge in [0.2, 0.25) is 15.9 Å². The Morgan fingerprint density at radius 1 is 1.18 bits per heavy atom. The Labute approximate surface area is 170 Å². The van der Waals surface area contributed by atoms with Crippen molar-refractivity contribution in [3.8, 4) is 0 Å². The fraction of sp³-hybridized carbons (Fsp3) is 0.350. The van der Waals surface area contributed by atoms with Crippen LogP contribution in [0, 0.1) is 5.82 Å². The summed E-state index contributed by atoms with van der Waals surface area (Å²) in [6, 6.07) is 9.93. The van der Waals surface area contributed by atoms with Crippen molar-refractivity contribution in [2.75, 3.05) is 15.9 Å². The summed E-state index contributed by atoms with van der Waals surface area (Å²) in [4.78, 5) is 12.9. The average molecular weight is 427 g/mol. The van der Waals surface area contributed by atoms with Gasteiger partial charge < -0.3 is 5.32 Å². The summed E-state index contributed by atoms with van der Waals surface area (Å²) in [5.74, 6) is -0.788. The number of benzene rings is 2. The van der Waals surface area contributed by atoms with Crippen LogP contribution in [-0.4, -0.2) is 26.6 Å². The van der Waals surface area contributed by atoms with Crippen LogP contribution in [0.1, 0.15) is 38.7 Å². The molecule has 1 amide bonds. The molecule has 8 heteroatoms. The molecule has 0 aliphatic heterocycles. The van der Waals surface area contributed by atoms with Crippen molar-refractivity contribution in [3.05, 3.63) is 58.9 Å². The summed E-state index contributed by atoms with van der Waals surface area (Å²) in [6.07, 6.45) is 1.22. The first-order valence-electron chi connectivity index (χ1n) is 8.89. The summed E-state index contributed by atoms with van der Waals surface area (Å²) in [5.41, 5.74) is 1.83. The van der Waals surface area contributed by atoms with Crippen LogP contribution in [0.15, 0.2) is 42.5 Å². The summed E-state index contributed by atoms with van der Waals surface area (Å²) in [6.45, 7) is 5.84. The van der Waals surface area contributed by atoms with E-state index in [1.54, 1.807) is 19.1 Å². The number of amides is 1. The topological polar surface area (TPSA) is 66.5 Å². The van der Waals surface area contributed by atoms with Crippen LogP contribution in [-0.2, 0) is 14.8 Å². The molecule has 2 rings (SSSR count). The highest BCUT2D eigenvalue weighted by atomic mass is 35.5. The molecular formula is C20H24ClFN2O3S. The maximum atomic E-state index is 13.5. The van der Waals surface area contributed by atoms with E-state index in [1.165, 1.54) is 12.1 Å². The Morgan fingerprint density at radius 3 is 2.25 bits per heavy atom. The molecular weight excluding hydrogens is 403 g/mol. The summed E-state index contributed by atoms with van der Waals surface area (Å²) < 4.78 is 39.3. The molecule has 0 aliphatic rings. The van der Waals surface area contributed by atoms with E-state index in [1.807, 2.05) is 12.1 Å². The van der Waals surface area contributed by atoms with Crippen LogP contribution in [0.4, 0.5) is 15.8 Å². The van der Waals surface area contributed by atoms with Gasteiger partial charge in [-0.2, -0.15) is 0 Å². The van der Waals surface area contributed by atoms with E-state index in [9.17, 15) is 17.6 Å². The van der Waals surface area contributed by atoms with E-state index in [2.05, 4.69) is 19.2 Å². The first-order chi connectivity index (χ1) is 13.0. The Kier molecular flexibility index (Phi) is 7.06. The molecule has 0 bridgehead atoms. The van der Waals surface area contributed by atoms with E-state index < -0.39 is 27.8 Å². The predicted molar refractivity (Wildman–Crippen MR) is 112 cm³/mol. The zero-order valence-corrected chi connectivity index (χ0v) is 17.8. The standard InChI is InChI=1S/C20H24ClFN2O3S/c1-5-19(20(25)23-15-8-6-14(7-9-15)13(2)3)24(28(4,26)27)16-10-11-18(22)17(21)12-16/h6-13,19H,5H2,1-4H3,(H,23,25)/t19-/m1/s1. The van der Waals surface area contributed by atoms with E-state index in [0.717, 1.165) is 22.2 Å². The Morgan fingerprint density at radius 2 is 1.79 bits per heavy atom. The number of halogens is 2. The van der Waals surface area contributed by atoms with Gasteiger partial charge in [-0.15, -0.1) is 0 Å². The second-order valence-corrected chi connectivity index (χ2v) is 9.11. The molecule has 1 atom stereocenters. The molecule has 0 unspecified atom stereocenters. The van der Waals surface area contributed by atoms with Crippen molar-refractivity contribution in [1.29, 1.82) is 0 Å². The van der Waals surface area contributed by atoms with Crippen LogP contribution in [0.5, 0.6) is 0 Å². The van der Waals surface area contributed by atoms with Crippen molar-refractivity contribution in [3.63, 3.8) is 0 Å². The monoisotopic (exact) mass is 426 g/mol. The maximum Gasteiger partial charge on any atom is 0.248 e. The molecule has 2 aromatic rings. The highest BCUT2D eigenvalue weighted by Crippen LogP contribution is 2.28. The minimum atomic E-state index is -3.82. The summed E-state index contributed by atoms with van der Waals surface area (Å²) in [7, 11) is -3.82. The van der Waals surface area contributed by atoms with E-state index in [0.29, 0.717) is 11.6 Å². The highest BCUT2D eigenvalue weighted by Gasteiger charge is 2.32. The van der Waals surface area contributed by atoms with Crippen LogP contribution in [0.2, 0.25) is 5.02 Å². The SMILES string of the molecule is CC[C@H](C(=O)Nc1ccc(C(C)C)cc1)N(c1ccc(F)c(Cl)c1)S(C)(=O)=O. The lowest BCUT2D eigenvalue weighted by molar-refractivity contribution is -0.117. The Balaban J connectivity index is 2.34. The summed E-state index contributed by atoms with van der Waals surface area (Å²) >= 11 is 5.81. The minimum Gasteiger partial charge on any atom is -0.324 e. The van der Waals surface area contributed by atoms with Crippen LogP contribution in [0.3, 0.4) is 0 Å². The second-order valence-electron chi connectivity index (χ2n) is 6.85. The number of carbonyl (C=O) groups is 1. The van der Waals surface area contributed by atoms with Crippen LogP contribution < -0.4 is 9.62 Å². The fourth-order valence-corrected chi connectivity index (χ4v) is 4.24. The molecule has 0 radical (unpaired) electrons. The number of hydrogen-bond donors (Lipinski definition) is 1. The number of anilines is 2. The van der Waals surface area contributed by atoms with Crippen molar-refractivity contribution in [2.45, 2.75) is 39.2 Å². The molecule has 0 saturated carbocycles. The number of hydrogen-bond acceptors (Lipinski definition) is 3. The maximum absolute atomic E-state index is 13.5. The van der Waals surface area contributed by atoms with Crippen molar-refractivity contribution in [2.24, 2.45) is 0 Å². The zero-order chi connectivity index (χ0) is 21.1. The third-order valence-corrected chi connectivity index (χ3v) is 5.80. The summed E-state index contributed by atoms with van der Waals surface area (Å²) in [5, 5.41) is 2.54. The molecule has 0 aliphatic carbocycles. The van der Waals surface area contributed by atoms with E-state index in [-0.39, 0.29) is 17.1 Å². The molecule has 28 heavy (non-hydrogen) atoms. The first-order valence-corrected chi connectivity index (χ1v) is 11.1. The van der Waals surface area contributed by atoms with Gasteiger partial charge in [0.25, 0.3) is 0 Å².